The van der Waals surface area contributed by atoms with Crippen molar-refractivity contribution in [2.75, 3.05) is 12.4 Å². The number of nitrogens with zero attached hydrogens (tertiary/aromatic N) is 1. The van der Waals surface area contributed by atoms with E-state index < -0.39 is 5.91 Å². The van der Waals surface area contributed by atoms with E-state index in [0.29, 0.717) is 27.8 Å². The number of ether oxygens (including phenoxy) is 1. The number of phenolic OH excluding ortho intramolecular Hbond substituents is 1. The summed E-state index contributed by atoms with van der Waals surface area (Å²) in [6.07, 6.45) is 0. The molecular weight excluding hydrogens is 367 g/mol. The van der Waals surface area contributed by atoms with Gasteiger partial charge in [0.15, 0.2) is 23.0 Å². The lowest BCUT2D eigenvalue weighted by Gasteiger charge is -2.06. The second-order valence-electron chi connectivity index (χ2n) is 5.02. The number of carbonyl (C=O) groups is 1. The van der Waals surface area contributed by atoms with E-state index in [2.05, 4.69) is 10.5 Å². The van der Waals surface area contributed by atoms with Gasteiger partial charge in [0, 0.05) is 11.6 Å². The molecule has 1 heterocycles. The van der Waals surface area contributed by atoms with Gasteiger partial charge in [0.1, 0.15) is 0 Å². The molecule has 0 bridgehead atoms. The first-order valence-corrected chi connectivity index (χ1v) is 7.84. The standard InChI is InChI=1S/C17H12Cl2N2O4/c1-24-14-6-5-9(7-13(14)22)15-8-12(21-25-15)17(23)20-11-4-2-3-10(18)16(11)19/h2-8,22H,1H3,(H,20,23). The topological polar surface area (TPSA) is 84.6 Å². The summed E-state index contributed by atoms with van der Waals surface area (Å²) in [5.74, 6) is 0.0992. The lowest BCUT2D eigenvalue weighted by molar-refractivity contribution is 0.101. The zero-order valence-electron chi connectivity index (χ0n) is 12.9. The van der Waals surface area contributed by atoms with Crippen molar-refractivity contribution in [3.63, 3.8) is 0 Å². The molecule has 0 aliphatic heterocycles. The van der Waals surface area contributed by atoms with Crippen LogP contribution in [0.1, 0.15) is 10.5 Å². The first-order valence-electron chi connectivity index (χ1n) is 7.09. The van der Waals surface area contributed by atoms with Gasteiger partial charge in [0.25, 0.3) is 5.91 Å². The van der Waals surface area contributed by atoms with Gasteiger partial charge in [-0.05, 0) is 30.3 Å². The zero-order valence-corrected chi connectivity index (χ0v) is 14.4. The minimum absolute atomic E-state index is 0.0480. The molecule has 8 heteroatoms. The van der Waals surface area contributed by atoms with Gasteiger partial charge in [0.05, 0.1) is 22.8 Å². The number of hydrogen-bond acceptors (Lipinski definition) is 5. The van der Waals surface area contributed by atoms with Gasteiger partial charge in [-0.15, -0.1) is 0 Å². The maximum atomic E-state index is 12.3. The maximum absolute atomic E-state index is 12.3. The lowest BCUT2D eigenvalue weighted by atomic mass is 10.1. The largest absolute Gasteiger partial charge is 0.504 e. The van der Waals surface area contributed by atoms with Crippen LogP contribution in [-0.4, -0.2) is 23.3 Å². The van der Waals surface area contributed by atoms with Crippen molar-refractivity contribution in [2.24, 2.45) is 0 Å². The number of aromatic hydroxyl groups is 1. The summed E-state index contributed by atoms with van der Waals surface area (Å²) in [6.45, 7) is 0. The number of anilines is 1. The molecule has 2 aromatic carbocycles. The fraction of sp³-hybridized carbons (Fsp3) is 0.0588. The molecule has 0 saturated carbocycles. The van der Waals surface area contributed by atoms with E-state index in [1.165, 1.54) is 19.2 Å². The fourth-order valence-corrected chi connectivity index (χ4v) is 2.50. The summed E-state index contributed by atoms with van der Waals surface area (Å²) >= 11 is 12.0. The molecular formula is C17H12Cl2N2O4. The number of nitrogens with one attached hydrogen (secondary N) is 1. The Morgan fingerprint density at radius 2 is 2.04 bits per heavy atom. The molecule has 3 rings (SSSR count). The minimum atomic E-state index is -0.503. The second-order valence-corrected chi connectivity index (χ2v) is 5.80. The van der Waals surface area contributed by atoms with E-state index in [1.807, 2.05) is 0 Å². The van der Waals surface area contributed by atoms with Crippen LogP contribution in [-0.2, 0) is 0 Å². The third-order valence-electron chi connectivity index (χ3n) is 3.41. The lowest BCUT2D eigenvalue weighted by Crippen LogP contribution is -2.12. The quantitative estimate of drug-likeness (QED) is 0.691. The van der Waals surface area contributed by atoms with Gasteiger partial charge < -0.3 is 19.7 Å². The molecule has 0 unspecified atom stereocenters. The van der Waals surface area contributed by atoms with Crippen molar-refractivity contribution in [1.29, 1.82) is 0 Å². The highest BCUT2D eigenvalue weighted by Gasteiger charge is 2.16. The molecule has 1 amide bonds. The van der Waals surface area contributed by atoms with Crippen molar-refractivity contribution in [3.8, 4) is 22.8 Å². The number of carbonyl (C=O) groups excluding carboxylic acids is 1. The van der Waals surface area contributed by atoms with Gasteiger partial charge >= 0.3 is 0 Å². The van der Waals surface area contributed by atoms with Crippen LogP contribution in [0.4, 0.5) is 5.69 Å². The average molecular weight is 379 g/mol. The Balaban J connectivity index is 1.82. The number of phenols is 1. The van der Waals surface area contributed by atoms with E-state index in [0.717, 1.165) is 0 Å². The van der Waals surface area contributed by atoms with Crippen molar-refractivity contribution in [3.05, 3.63) is 58.2 Å². The molecule has 0 aliphatic carbocycles. The van der Waals surface area contributed by atoms with E-state index in [1.54, 1.807) is 30.3 Å². The summed E-state index contributed by atoms with van der Waals surface area (Å²) in [6, 6.07) is 11.1. The average Bonchev–Trinajstić information content (AvgIpc) is 3.09. The number of benzene rings is 2. The highest BCUT2D eigenvalue weighted by molar-refractivity contribution is 6.44. The smallest absolute Gasteiger partial charge is 0.277 e. The predicted octanol–water partition coefficient (Wildman–Crippen LogP) is 4.61. The summed E-state index contributed by atoms with van der Waals surface area (Å²) in [5, 5.41) is 16.7. The summed E-state index contributed by atoms with van der Waals surface area (Å²) in [7, 11) is 1.45. The number of amides is 1. The zero-order chi connectivity index (χ0) is 18.0. The molecule has 6 nitrogen and oxygen atoms in total. The highest BCUT2D eigenvalue weighted by atomic mass is 35.5. The first-order chi connectivity index (χ1) is 12.0. The molecule has 0 spiro atoms. The van der Waals surface area contributed by atoms with Crippen LogP contribution in [0.2, 0.25) is 10.0 Å². The second kappa shape index (κ2) is 7.04. The fourth-order valence-electron chi connectivity index (χ4n) is 2.15. The minimum Gasteiger partial charge on any atom is -0.504 e. The number of rotatable bonds is 4. The van der Waals surface area contributed by atoms with Crippen LogP contribution in [0.15, 0.2) is 47.0 Å². The van der Waals surface area contributed by atoms with Crippen molar-refractivity contribution in [1.82, 2.24) is 5.16 Å². The predicted molar refractivity (Wildman–Crippen MR) is 94.6 cm³/mol. The maximum Gasteiger partial charge on any atom is 0.277 e. The Bertz CT molecular complexity index is 940. The molecule has 25 heavy (non-hydrogen) atoms. The molecule has 2 N–H and O–H groups in total. The normalized spacial score (nSPS) is 10.5. The Morgan fingerprint density at radius 3 is 2.76 bits per heavy atom. The van der Waals surface area contributed by atoms with Crippen LogP contribution < -0.4 is 10.1 Å². The van der Waals surface area contributed by atoms with Crippen LogP contribution in [0.25, 0.3) is 11.3 Å². The molecule has 0 fully saturated rings. The van der Waals surface area contributed by atoms with Gasteiger partial charge in [-0.3, -0.25) is 4.79 Å². The molecule has 0 saturated heterocycles. The van der Waals surface area contributed by atoms with Crippen LogP contribution in [0.3, 0.4) is 0 Å². The van der Waals surface area contributed by atoms with Crippen molar-refractivity contribution >= 4 is 34.8 Å². The SMILES string of the molecule is COc1ccc(-c2cc(C(=O)Nc3cccc(Cl)c3Cl)no2)cc1O. The number of halogens is 2. The Labute approximate surface area is 152 Å². The highest BCUT2D eigenvalue weighted by Crippen LogP contribution is 2.32. The molecule has 0 atom stereocenters. The molecule has 3 aromatic rings. The Morgan fingerprint density at radius 1 is 1.24 bits per heavy atom. The van der Waals surface area contributed by atoms with Crippen LogP contribution in [0, 0.1) is 0 Å². The summed E-state index contributed by atoms with van der Waals surface area (Å²) in [5.41, 5.74) is 0.970. The third-order valence-corrected chi connectivity index (χ3v) is 4.22. The number of hydrogen-bond donors (Lipinski definition) is 2. The van der Waals surface area contributed by atoms with Gasteiger partial charge in [-0.1, -0.05) is 34.4 Å². The van der Waals surface area contributed by atoms with Crippen molar-refractivity contribution < 1.29 is 19.2 Å². The summed E-state index contributed by atoms with van der Waals surface area (Å²) < 4.78 is 10.2. The molecule has 128 valence electrons. The number of aromatic nitrogens is 1. The Kier molecular flexibility index (Phi) is 4.83. The van der Waals surface area contributed by atoms with E-state index >= 15 is 0 Å². The van der Waals surface area contributed by atoms with Crippen LogP contribution >= 0.6 is 23.2 Å². The van der Waals surface area contributed by atoms with E-state index in [-0.39, 0.29) is 16.5 Å². The summed E-state index contributed by atoms with van der Waals surface area (Å²) in [4.78, 5) is 12.3. The Hall–Kier alpha value is -2.70. The third kappa shape index (κ3) is 3.55. The van der Waals surface area contributed by atoms with Gasteiger partial charge in [-0.25, -0.2) is 0 Å². The number of methoxy groups -OCH3 is 1. The molecule has 0 aliphatic rings. The van der Waals surface area contributed by atoms with Gasteiger partial charge in [0.2, 0.25) is 0 Å². The molecule has 1 aromatic heterocycles. The van der Waals surface area contributed by atoms with E-state index in [9.17, 15) is 9.90 Å². The monoisotopic (exact) mass is 378 g/mol. The molecule has 0 radical (unpaired) electrons. The van der Waals surface area contributed by atoms with Crippen LogP contribution in [0.5, 0.6) is 11.5 Å². The van der Waals surface area contributed by atoms with Gasteiger partial charge in [-0.2, -0.15) is 0 Å². The van der Waals surface area contributed by atoms with Crippen molar-refractivity contribution in [2.45, 2.75) is 0 Å². The first kappa shape index (κ1) is 17.1. The van der Waals surface area contributed by atoms with E-state index in [4.69, 9.17) is 32.5 Å².